The first-order valence-electron chi connectivity index (χ1n) is 6.87. The van der Waals surface area contributed by atoms with Crippen molar-refractivity contribution in [2.45, 2.75) is 26.8 Å². The van der Waals surface area contributed by atoms with E-state index in [1.165, 1.54) is 16.9 Å². The second kappa shape index (κ2) is 6.96. The molecule has 0 aliphatic heterocycles. The number of hydrogen-bond acceptors (Lipinski definition) is 3. The molecule has 0 saturated heterocycles. The highest BCUT2D eigenvalue weighted by molar-refractivity contribution is 7.14. The van der Waals surface area contributed by atoms with E-state index in [-0.39, 0.29) is 17.9 Å². The van der Waals surface area contributed by atoms with Gasteiger partial charge in [0.15, 0.2) is 0 Å². The third-order valence-electron chi connectivity index (χ3n) is 3.15. The van der Waals surface area contributed by atoms with Gasteiger partial charge in [-0.2, -0.15) is 0 Å². The van der Waals surface area contributed by atoms with Crippen LogP contribution < -0.4 is 10.6 Å². The maximum Gasteiger partial charge on any atom is 0.226 e. The van der Waals surface area contributed by atoms with Crippen LogP contribution in [0, 0.1) is 5.92 Å². The van der Waals surface area contributed by atoms with Crippen LogP contribution in [0.4, 0.5) is 11.4 Å². The van der Waals surface area contributed by atoms with Crippen molar-refractivity contribution in [3.05, 3.63) is 45.6 Å². The fourth-order valence-electron chi connectivity index (χ4n) is 1.82. The minimum absolute atomic E-state index is 0.0221. The van der Waals surface area contributed by atoms with Gasteiger partial charge in [-0.05, 0) is 48.2 Å². The number of anilines is 2. The van der Waals surface area contributed by atoms with E-state index in [1.54, 1.807) is 0 Å². The van der Waals surface area contributed by atoms with Gasteiger partial charge in [0.25, 0.3) is 0 Å². The van der Waals surface area contributed by atoms with E-state index in [4.69, 9.17) is 11.6 Å². The maximum absolute atomic E-state index is 11.6. The predicted octanol–water partition coefficient (Wildman–Crippen LogP) is 5.17. The van der Waals surface area contributed by atoms with Crippen molar-refractivity contribution >= 4 is 40.2 Å². The van der Waals surface area contributed by atoms with Crippen molar-refractivity contribution in [3.63, 3.8) is 0 Å². The van der Waals surface area contributed by atoms with Gasteiger partial charge in [-0.1, -0.05) is 25.4 Å². The fraction of sp³-hybridized carbons (Fsp3) is 0.312. The van der Waals surface area contributed by atoms with Crippen molar-refractivity contribution in [1.29, 1.82) is 0 Å². The zero-order chi connectivity index (χ0) is 15.4. The highest BCUT2D eigenvalue weighted by Crippen LogP contribution is 2.27. The molecular weight excluding hydrogens is 304 g/mol. The van der Waals surface area contributed by atoms with Crippen LogP contribution in [-0.2, 0) is 4.79 Å². The average molecular weight is 323 g/mol. The number of halogens is 1. The summed E-state index contributed by atoms with van der Waals surface area (Å²) in [6.07, 6.45) is 0. The first-order valence-corrected chi connectivity index (χ1v) is 8.13. The Bertz CT molecular complexity index is 607. The van der Waals surface area contributed by atoms with E-state index in [1.807, 2.05) is 44.2 Å². The lowest BCUT2D eigenvalue weighted by atomic mass is 10.1. The molecule has 0 saturated carbocycles. The van der Waals surface area contributed by atoms with E-state index in [2.05, 4.69) is 22.9 Å². The van der Waals surface area contributed by atoms with Gasteiger partial charge in [0, 0.05) is 23.3 Å². The molecule has 0 aliphatic carbocycles. The normalized spacial score (nSPS) is 12.2. The molecule has 1 atom stereocenters. The number of amides is 1. The molecule has 21 heavy (non-hydrogen) atoms. The SMILES string of the molecule is CC(C)C(=O)Nc1ccc(NC(C)c2csc(Cl)c2)cc1. The summed E-state index contributed by atoms with van der Waals surface area (Å²) in [5.41, 5.74) is 2.99. The van der Waals surface area contributed by atoms with Crippen molar-refractivity contribution in [3.8, 4) is 0 Å². The minimum Gasteiger partial charge on any atom is -0.378 e. The van der Waals surface area contributed by atoms with Crippen molar-refractivity contribution < 1.29 is 4.79 Å². The molecule has 2 N–H and O–H groups in total. The monoisotopic (exact) mass is 322 g/mol. The van der Waals surface area contributed by atoms with Crippen LogP contribution in [-0.4, -0.2) is 5.91 Å². The Hall–Kier alpha value is -1.52. The van der Waals surface area contributed by atoms with E-state index in [0.29, 0.717) is 0 Å². The number of carbonyl (C=O) groups is 1. The molecule has 1 unspecified atom stereocenters. The number of nitrogens with one attached hydrogen (secondary N) is 2. The number of thiophene rings is 1. The zero-order valence-corrected chi connectivity index (χ0v) is 13.9. The molecule has 5 heteroatoms. The lowest BCUT2D eigenvalue weighted by Crippen LogP contribution is -2.17. The second-order valence-electron chi connectivity index (χ2n) is 5.27. The Morgan fingerprint density at radius 1 is 1.14 bits per heavy atom. The molecule has 2 aromatic rings. The third-order valence-corrected chi connectivity index (χ3v) is 4.26. The molecule has 112 valence electrons. The van der Waals surface area contributed by atoms with E-state index >= 15 is 0 Å². The molecule has 3 nitrogen and oxygen atoms in total. The Morgan fingerprint density at radius 2 is 1.76 bits per heavy atom. The summed E-state index contributed by atoms with van der Waals surface area (Å²) >= 11 is 7.49. The predicted molar refractivity (Wildman–Crippen MR) is 91.3 cm³/mol. The zero-order valence-electron chi connectivity index (χ0n) is 12.3. The number of benzene rings is 1. The molecule has 0 aliphatic rings. The number of carbonyl (C=O) groups excluding carboxylic acids is 1. The topological polar surface area (TPSA) is 41.1 Å². The molecular formula is C16H19ClN2OS. The fourth-order valence-corrected chi connectivity index (χ4v) is 2.80. The van der Waals surface area contributed by atoms with Crippen LogP contribution >= 0.6 is 22.9 Å². The highest BCUT2D eigenvalue weighted by atomic mass is 35.5. The molecule has 0 bridgehead atoms. The lowest BCUT2D eigenvalue weighted by molar-refractivity contribution is -0.118. The van der Waals surface area contributed by atoms with Gasteiger partial charge in [0.2, 0.25) is 5.91 Å². The van der Waals surface area contributed by atoms with E-state index < -0.39 is 0 Å². The maximum atomic E-state index is 11.6. The van der Waals surface area contributed by atoms with Crippen LogP contribution in [0.5, 0.6) is 0 Å². The summed E-state index contributed by atoms with van der Waals surface area (Å²) in [6.45, 7) is 5.84. The van der Waals surface area contributed by atoms with Crippen molar-refractivity contribution in [2.75, 3.05) is 10.6 Å². The molecule has 1 aromatic carbocycles. The largest absolute Gasteiger partial charge is 0.378 e. The first-order chi connectivity index (χ1) is 9.95. The van der Waals surface area contributed by atoms with Gasteiger partial charge in [-0.15, -0.1) is 11.3 Å². The van der Waals surface area contributed by atoms with Gasteiger partial charge < -0.3 is 10.6 Å². The molecule has 1 amide bonds. The third kappa shape index (κ3) is 4.48. The molecule has 2 rings (SSSR count). The Labute approximate surface area is 134 Å². The van der Waals surface area contributed by atoms with E-state index in [9.17, 15) is 4.79 Å². The van der Waals surface area contributed by atoms with Crippen molar-refractivity contribution in [1.82, 2.24) is 0 Å². The van der Waals surface area contributed by atoms with Crippen molar-refractivity contribution in [2.24, 2.45) is 5.92 Å². The standard InChI is InChI=1S/C16H19ClN2OS/c1-10(2)16(20)19-14-6-4-13(5-7-14)18-11(3)12-8-15(17)21-9-12/h4-11,18H,1-3H3,(H,19,20). The Balaban J connectivity index is 1.97. The molecule has 1 aromatic heterocycles. The smallest absolute Gasteiger partial charge is 0.226 e. The molecule has 1 heterocycles. The first kappa shape index (κ1) is 15.9. The lowest BCUT2D eigenvalue weighted by Gasteiger charge is -2.15. The van der Waals surface area contributed by atoms with Crippen LogP contribution in [0.3, 0.4) is 0 Å². The van der Waals surface area contributed by atoms with Gasteiger partial charge in [-0.3, -0.25) is 4.79 Å². The van der Waals surface area contributed by atoms with Crippen LogP contribution in [0.2, 0.25) is 4.34 Å². The summed E-state index contributed by atoms with van der Waals surface area (Å²) in [7, 11) is 0. The van der Waals surface area contributed by atoms with Gasteiger partial charge in [0.05, 0.1) is 4.34 Å². The number of hydrogen-bond donors (Lipinski definition) is 2. The summed E-state index contributed by atoms with van der Waals surface area (Å²) in [5, 5.41) is 8.34. The van der Waals surface area contributed by atoms with Gasteiger partial charge in [-0.25, -0.2) is 0 Å². The summed E-state index contributed by atoms with van der Waals surface area (Å²) in [5.74, 6) is 0.00292. The summed E-state index contributed by atoms with van der Waals surface area (Å²) in [6, 6.07) is 9.87. The summed E-state index contributed by atoms with van der Waals surface area (Å²) < 4.78 is 0.797. The Morgan fingerprint density at radius 3 is 2.29 bits per heavy atom. The molecule has 0 spiro atoms. The number of rotatable bonds is 5. The van der Waals surface area contributed by atoms with Gasteiger partial charge >= 0.3 is 0 Å². The Kier molecular flexibility index (Phi) is 5.26. The average Bonchev–Trinajstić information content (AvgIpc) is 2.87. The quantitative estimate of drug-likeness (QED) is 0.797. The highest BCUT2D eigenvalue weighted by Gasteiger charge is 2.09. The van der Waals surface area contributed by atoms with Crippen LogP contribution in [0.15, 0.2) is 35.7 Å². The minimum atomic E-state index is -0.0221. The van der Waals surface area contributed by atoms with Crippen LogP contribution in [0.25, 0.3) is 0 Å². The molecule has 0 radical (unpaired) electrons. The second-order valence-corrected chi connectivity index (χ2v) is 6.81. The van der Waals surface area contributed by atoms with Crippen LogP contribution in [0.1, 0.15) is 32.4 Å². The van der Waals surface area contributed by atoms with E-state index in [0.717, 1.165) is 15.7 Å². The van der Waals surface area contributed by atoms with Gasteiger partial charge in [0.1, 0.15) is 0 Å². The molecule has 0 fully saturated rings. The summed E-state index contributed by atoms with van der Waals surface area (Å²) in [4.78, 5) is 11.6.